The number of aryl methyl sites for hydroxylation is 1. The van der Waals surface area contributed by atoms with Gasteiger partial charge in [-0.15, -0.1) is 13.2 Å². The van der Waals surface area contributed by atoms with Crippen LogP contribution in [0.1, 0.15) is 15.9 Å². The van der Waals surface area contributed by atoms with E-state index in [2.05, 4.69) is 14.5 Å². The van der Waals surface area contributed by atoms with Gasteiger partial charge in [-0.25, -0.2) is 0 Å². The third-order valence-corrected chi connectivity index (χ3v) is 1.97. The smallest absolute Gasteiger partial charge is 0.481 e. The monoisotopic (exact) mass is 269 g/mol. The van der Waals surface area contributed by atoms with E-state index in [1.54, 1.807) is 0 Å². The van der Waals surface area contributed by atoms with E-state index in [1.165, 1.54) is 20.1 Å². The Hall–Kier alpha value is -1.50. The lowest BCUT2D eigenvalue weighted by molar-refractivity contribution is -0.276. The maximum absolute atomic E-state index is 12.1. The van der Waals surface area contributed by atoms with Crippen molar-refractivity contribution in [2.24, 2.45) is 0 Å². The highest BCUT2D eigenvalue weighted by molar-refractivity contribution is 6.68. The average molecular weight is 270 g/mol. The Morgan fingerprint density at radius 2 is 2.06 bits per heavy atom. The molecular weight excluding hydrogens is 263 g/mol. The summed E-state index contributed by atoms with van der Waals surface area (Å²) in [6.45, 7) is 1.39. The largest absolute Gasteiger partial charge is 0.574 e. The molecule has 17 heavy (non-hydrogen) atoms. The molecule has 1 heterocycles. The maximum Gasteiger partial charge on any atom is 0.574 e. The highest BCUT2D eigenvalue weighted by Gasteiger charge is 2.34. The molecule has 0 fully saturated rings. The van der Waals surface area contributed by atoms with Crippen LogP contribution in [-0.2, 0) is 0 Å². The Bertz CT molecular complexity index is 448. The summed E-state index contributed by atoms with van der Waals surface area (Å²) in [5, 5.41) is -1.09. The first-order chi connectivity index (χ1) is 7.74. The number of rotatable bonds is 3. The van der Waals surface area contributed by atoms with Crippen LogP contribution in [0.3, 0.4) is 0 Å². The van der Waals surface area contributed by atoms with Crippen LogP contribution in [0.2, 0.25) is 0 Å². The van der Waals surface area contributed by atoms with E-state index in [9.17, 15) is 18.0 Å². The molecule has 0 aliphatic heterocycles. The molecule has 8 heteroatoms. The normalized spacial score (nSPS) is 11.2. The number of ether oxygens (including phenoxy) is 2. The summed E-state index contributed by atoms with van der Waals surface area (Å²) in [4.78, 5) is 14.4. The molecular formula is C9H7ClF3NO3. The number of nitrogens with zero attached hydrogens (tertiary/aromatic N) is 1. The van der Waals surface area contributed by atoms with Gasteiger partial charge in [0.1, 0.15) is 0 Å². The number of carbonyl (C=O) groups excluding carboxylic acids is 1. The highest BCUT2D eigenvalue weighted by Crippen LogP contribution is 2.30. The SMILES string of the molecule is COc1cc(C)c(C(=O)Cl)c(OC(F)(F)F)n1. The number of halogens is 4. The summed E-state index contributed by atoms with van der Waals surface area (Å²) >= 11 is 5.17. The van der Waals surface area contributed by atoms with Gasteiger partial charge in [0.15, 0.2) is 0 Å². The van der Waals surface area contributed by atoms with E-state index < -0.39 is 23.0 Å². The summed E-state index contributed by atoms with van der Waals surface area (Å²) in [5.41, 5.74) is -0.263. The van der Waals surface area contributed by atoms with Gasteiger partial charge < -0.3 is 9.47 Å². The van der Waals surface area contributed by atoms with Gasteiger partial charge in [0.25, 0.3) is 5.24 Å². The number of hydrogen-bond donors (Lipinski definition) is 0. The predicted octanol–water partition coefficient (Wildman–Crippen LogP) is 2.68. The third kappa shape index (κ3) is 3.48. The summed E-state index contributed by atoms with van der Waals surface area (Å²) in [6.07, 6.45) is -4.97. The van der Waals surface area contributed by atoms with Crippen LogP contribution in [0.15, 0.2) is 6.07 Å². The molecule has 0 radical (unpaired) electrons. The Kier molecular flexibility index (Phi) is 3.82. The molecule has 0 bridgehead atoms. The lowest BCUT2D eigenvalue weighted by Crippen LogP contribution is -2.20. The zero-order chi connectivity index (χ0) is 13.2. The fraction of sp³-hybridized carbons (Fsp3) is 0.333. The minimum absolute atomic E-state index is 0.108. The second-order valence-electron chi connectivity index (χ2n) is 2.98. The van der Waals surface area contributed by atoms with Gasteiger partial charge in [0.05, 0.1) is 12.7 Å². The minimum Gasteiger partial charge on any atom is -0.481 e. The first-order valence-corrected chi connectivity index (χ1v) is 4.63. The molecule has 0 saturated heterocycles. The molecule has 0 spiro atoms. The van der Waals surface area contributed by atoms with E-state index in [4.69, 9.17) is 11.6 Å². The maximum atomic E-state index is 12.1. The molecule has 0 aliphatic rings. The molecule has 0 aromatic carbocycles. The van der Waals surface area contributed by atoms with E-state index in [0.29, 0.717) is 0 Å². The van der Waals surface area contributed by atoms with Crippen LogP contribution in [0.5, 0.6) is 11.8 Å². The van der Waals surface area contributed by atoms with Gasteiger partial charge in [-0.05, 0) is 24.1 Å². The predicted molar refractivity (Wildman–Crippen MR) is 52.4 cm³/mol. The first-order valence-electron chi connectivity index (χ1n) is 4.26. The molecule has 4 nitrogen and oxygen atoms in total. The Morgan fingerprint density at radius 3 is 2.47 bits per heavy atom. The molecule has 0 N–H and O–H groups in total. The van der Waals surface area contributed by atoms with Crippen molar-refractivity contribution in [1.82, 2.24) is 4.98 Å². The molecule has 1 aromatic rings. The zero-order valence-corrected chi connectivity index (χ0v) is 9.52. The molecule has 1 aromatic heterocycles. The van der Waals surface area contributed by atoms with Crippen molar-refractivity contribution >= 4 is 16.8 Å². The van der Waals surface area contributed by atoms with Crippen molar-refractivity contribution in [3.8, 4) is 11.8 Å². The van der Waals surface area contributed by atoms with E-state index in [0.717, 1.165) is 0 Å². The number of aromatic nitrogens is 1. The fourth-order valence-electron chi connectivity index (χ4n) is 1.14. The van der Waals surface area contributed by atoms with Crippen molar-refractivity contribution in [2.75, 3.05) is 7.11 Å². The van der Waals surface area contributed by atoms with Crippen molar-refractivity contribution < 1.29 is 27.4 Å². The van der Waals surface area contributed by atoms with Crippen molar-refractivity contribution in [3.05, 3.63) is 17.2 Å². The van der Waals surface area contributed by atoms with Crippen LogP contribution in [0.4, 0.5) is 13.2 Å². The number of hydrogen-bond acceptors (Lipinski definition) is 4. The number of alkyl halides is 3. The molecule has 0 aliphatic carbocycles. The number of pyridine rings is 1. The Balaban J connectivity index is 3.32. The van der Waals surface area contributed by atoms with Gasteiger partial charge in [0.2, 0.25) is 11.8 Å². The molecule has 1 rings (SSSR count). The van der Waals surface area contributed by atoms with Gasteiger partial charge in [-0.3, -0.25) is 4.79 Å². The van der Waals surface area contributed by atoms with Gasteiger partial charge in [-0.2, -0.15) is 4.98 Å². The van der Waals surface area contributed by atoms with Crippen LogP contribution in [0.25, 0.3) is 0 Å². The van der Waals surface area contributed by atoms with E-state index in [-0.39, 0.29) is 11.4 Å². The summed E-state index contributed by atoms with van der Waals surface area (Å²) in [6, 6.07) is 1.28. The fourth-order valence-corrected chi connectivity index (χ4v) is 1.37. The van der Waals surface area contributed by atoms with Crippen molar-refractivity contribution in [3.63, 3.8) is 0 Å². The topological polar surface area (TPSA) is 48.4 Å². The van der Waals surface area contributed by atoms with Crippen LogP contribution in [0, 0.1) is 6.92 Å². The lowest BCUT2D eigenvalue weighted by Gasteiger charge is -2.13. The van der Waals surface area contributed by atoms with Crippen LogP contribution < -0.4 is 9.47 Å². The van der Waals surface area contributed by atoms with Crippen LogP contribution >= 0.6 is 11.6 Å². The van der Waals surface area contributed by atoms with Crippen molar-refractivity contribution in [2.45, 2.75) is 13.3 Å². The third-order valence-electron chi connectivity index (χ3n) is 1.78. The number of methoxy groups -OCH3 is 1. The first kappa shape index (κ1) is 13.6. The quantitative estimate of drug-likeness (QED) is 0.792. The molecule has 0 amide bonds. The van der Waals surface area contributed by atoms with Crippen molar-refractivity contribution in [1.29, 1.82) is 0 Å². The summed E-state index contributed by atoms with van der Waals surface area (Å²) in [5.74, 6) is -1.03. The standard InChI is InChI=1S/C9H7ClF3NO3/c1-4-3-5(16-2)14-8(6(4)7(10)15)17-9(11,12)13/h3H,1-2H3. The Labute approximate surface area is 99.3 Å². The average Bonchev–Trinajstić information content (AvgIpc) is 2.13. The second-order valence-corrected chi connectivity index (χ2v) is 3.33. The minimum atomic E-state index is -4.97. The highest BCUT2D eigenvalue weighted by atomic mass is 35.5. The van der Waals surface area contributed by atoms with Gasteiger partial charge >= 0.3 is 6.36 Å². The molecule has 94 valence electrons. The lowest BCUT2D eigenvalue weighted by atomic mass is 10.1. The van der Waals surface area contributed by atoms with Crippen LogP contribution in [-0.4, -0.2) is 23.7 Å². The van der Waals surface area contributed by atoms with Gasteiger partial charge in [-0.1, -0.05) is 0 Å². The summed E-state index contributed by atoms with van der Waals surface area (Å²) in [7, 11) is 1.22. The molecule has 0 saturated carbocycles. The Morgan fingerprint density at radius 1 is 1.47 bits per heavy atom. The molecule has 0 unspecified atom stereocenters. The number of carbonyl (C=O) groups is 1. The zero-order valence-electron chi connectivity index (χ0n) is 8.76. The van der Waals surface area contributed by atoms with E-state index >= 15 is 0 Å². The van der Waals surface area contributed by atoms with E-state index in [1.807, 2.05) is 0 Å². The second kappa shape index (κ2) is 4.79. The molecule has 0 atom stereocenters. The van der Waals surface area contributed by atoms with Gasteiger partial charge in [0, 0.05) is 6.07 Å². The summed E-state index contributed by atoms with van der Waals surface area (Å²) < 4.78 is 44.6.